The van der Waals surface area contributed by atoms with Crippen LogP contribution in [0.5, 0.6) is 0 Å². The fourth-order valence-corrected chi connectivity index (χ4v) is 3.30. The smallest absolute Gasteiger partial charge is 0.0975 e. The van der Waals surface area contributed by atoms with Crippen molar-refractivity contribution in [2.24, 2.45) is 5.73 Å². The van der Waals surface area contributed by atoms with Gasteiger partial charge < -0.3 is 5.73 Å². The van der Waals surface area contributed by atoms with Crippen molar-refractivity contribution in [3.63, 3.8) is 0 Å². The van der Waals surface area contributed by atoms with Gasteiger partial charge in [-0.15, -0.1) is 11.3 Å². The van der Waals surface area contributed by atoms with Gasteiger partial charge in [-0.2, -0.15) is 0 Å². The predicted octanol–water partition coefficient (Wildman–Crippen LogP) is 4.14. The fourth-order valence-electron chi connectivity index (χ4n) is 1.98. The molecule has 1 aromatic heterocycles. The van der Waals surface area contributed by atoms with Gasteiger partial charge in [-0.3, -0.25) is 0 Å². The molecule has 0 aliphatic carbocycles. The van der Waals surface area contributed by atoms with Crippen molar-refractivity contribution < 1.29 is 0 Å². The molecular weight excluding hydrogens is 276 g/mol. The average Bonchev–Trinajstić information content (AvgIpc) is 2.75. The maximum Gasteiger partial charge on any atom is 0.0975 e. The van der Waals surface area contributed by atoms with E-state index in [0.717, 1.165) is 22.1 Å². The van der Waals surface area contributed by atoms with Gasteiger partial charge in [-0.1, -0.05) is 44.5 Å². The Morgan fingerprint density at radius 1 is 1.21 bits per heavy atom. The summed E-state index contributed by atoms with van der Waals surface area (Å²) in [5.41, 5.74) is 8.22. The molecular formula is C15H19ClN2S. The van der Waals surface area contributed by atoms with E-state index in [1.54, 1.807) is 11.3 Å². The maximum atomic E-state index is 5.90. The fraction of sp³-hybridized carbons (Fsp3) is 0.400. The quantitative estimate of drug-likeness (QED) is 0.924. The van der Waals surface area contributed by atoms with Crippen LogP contribution in [0, 0.1) is 0 Å². The molecule has 0 bridgehead atoms. The van der Waals surface area contributed by atoms with Gasteiger partial charge >= 0.3 is 0 Å². The van der Waals surface area contributed by atoms with Gasteiger partial charge in [0.1, 0.15) is 0 Å². The zero-order chi connectivity index (χ0) is 14.0. The second-order valence-electron chi connectivity index (χ2n) is 5.64. The molecule has 0 fully saturated rings. The standard InChI is InChI=1S/C15H19ClN2S/c1-15(2,3)14-12(9-17)19-13(18-14)8-10-4-6-11(16)7-5-10/h4-7H,8-9,17H2,1-3H3. The van der Waals surface area contributed by atoms with Gasteiger partial charge in [-0.25, -0.2) is 4.98 Å². The van der Waals surface area contributed by atoms with E-state index in [9.17, 15) is 0 Å². The van der Waals surface area contributed by atoms with E-state index in [1.165, 1.54) is 10.4 Å². The Balaban J connectivity index is 2.26. The zero-order valence-electron chi connectivity index (χ0n) is 11.5. The highest BCUT2D eigenvalue weighted by molar-refractivity contribution is 7.11. The van der Waals surface area contributed by atoms with E-state index in [4.69, 9.17) is 22.3 Å². The minimum atomic E-state index is 0.0451. The highest BCUT2D eigenvalue weighted by Gasteiger charge is 2.22. The van der Waals surface area contributed by atoms with Crippen molar-refractivity contribution in [2.45, 2.75) is 39.2 Å². The monoisotopic (exact) mass is 294 g/mol. The Labute approximate surface area is 123 Å². The molecule has 0 saturated heterocycles. The summed E-state index contributed by atoms with van der Waals surface area (Å²) in [5, 5.41) is 1.88. The molecule has 0 unspecified atom stereocenters. The summed E-state index contributed by atoms with van der Waals surface area (Å²) in [6, 6.07) is 7.92. The van der Waals surface area contributed by atoms with Crippen LogP contribution in [0.2, 0.25) is 5.02 Å². The number of benzene rings is 1. The lowest BCUT2D eigenvalue weighted by molar-refractivity contribution is 0.565. The molecule has 0 saturated carbocycles. The Hall–Kier alpha value is -0.900. The molecule has 2 aromatic rings. The number of aromatic nitrogens is 1. The van der Waals surface area contributed by atoms with E-state index in [2.05, 4.69) is 20.8 Å². The first-order valence-corrected chi connectivity index (χ1v) is 7.53. The van der Waals surface area contributed by atoms with Gasteiger partial charge in [-0.05, 0) is 17.7 Å². The van der Waals surface area contributed by atoms with Crippen molar-refractivity contribution in [1.29, 1.82) is 0 Å². The normalized spacial score (nSPS) is 11.8. The van der Waals surface area contributed by atoms with Crippen LogP contribution in [0.1, 0.15) is 41.9 Å². The second-order valence-corrected chi connectivity index (χ2v) is 7.24. The SMILES string of the molecule is CC(C)(C)c1nc(Cc2ccc(Cl)cc2)sc1CN. The van der Waals surface area contributed by atoms with Crippen LogP contribution >= 0.6 is 22.9 Å². The summed E-state index contributed by atoms with van der Waals surface area (Å²) in [6.07, 6.45) is 0.838. The van der Waals surface area contributed by atoms with Gasteiger partial charge in [0.15, 0.2) is 0 Å². The van der Waals surface area contributed by atoms with Crippen LogP contribution < -0.4 is 5.73 Å². The second kappa shape index (κ2) is 5.61. The third kappa shape index (κ3) is 3.56. The molecule has 0 amide bonds. The molecule has 102 valence electrons. The summed E-state index contributed by atoms with van der Waals surface area (Å²) >= 11 is 7.61. The van der Waals surface area contributed by atoms with Crippen molar-refractivity contribution in [2.75, 3.05) is 0 Å². The van der Waals surface area contributed by atoms with Crippen molar-refractivity contribution >= 4 is 22.9 Å². The van der Waals surface area contributed by atoms with Crippen LogP contribution in [-0.2, 0) is 18.4 Å². The lowest BCUT2D eigenvalue weighted by Crippen LogP contribution is -2.15. The van der Waals surface area contributed by atoms with Crippen LogP contribution in [0.15, 0.2) is 24.3 Å². The maximum absolute atomic E-state index is 5.90. The lowest BCUT2D eigenvalue weighted by Gasteiger charge is -2.16. The lowest BCUT2D eigenvalue weighted by atomic mass is 9.91. The van der Waals surface area contributed by atoms with E-state index >= 15 is 0 Å². The van der Waals surface area contributed by atoms with E-state index in [-0.39, 0.29) is 5.41 Å². The van der Waals surface area contributed by atoms with Crippen LogP contribution in [0.25, 0.3) is 0 Å². The van der Waals surface area contributed by atoms with E-state index in [1.807, 2.05) is 24.3 Å². The molecule has 0 aliphatic rings. The first kappa shape index (κ1) is 14.5. The topological polar surface area (TPSA) is 38.9 Å². The molecule has 0 atom stereocenters. The van der Waals surface area contributed by atoms with Crippen LogP contribution in [-0.4, -0.2) is 4.98 Å². The molecule has 19 heavy (non-hydrogen) atoms. The number of hydrogen-bond donors (Lipinski definition) is 1. The highest BCUT2D eigenvalue weighted by Crippen LogP contribution is 2.30. The Bertz CT molecular complexity index is 553. The number of halogens is 1. The third-order valence-electron chi connectivity index (χ3n) is 2.91. The molecule has 1 aromatic carbocycles. The summed E-state index contributed by atoms with van der Waals surface area (Å²) in [7, 11) is 0. The molecule has 0 radical (unpaired) electrons. The van der Waals surface area contributed by atoms with Crippen molar-refractivity contribution in [3.05, 3.63) is 50.4 Å². The van der Waals surface area contributed by atoms with Crippen LogP contribution in [0.4, 0.5) is 0 Å². The summed E-state index contributed by atoms with van der Waals surface area (Å²) in [6.45, 7) is 7.08. The molecule has 2 rings (SSSR count). The van der Waals surface area contributed by atoms with Gasteiger partial charge in [0.25, 0.3) is 0 Å². The first-order chi connectivity index (χ1) is 8.90. The number of hydrogen-bond acceptors (Lipinski definition) is 3. The Morgan fingerprint density at radius 2 is 1.84 bits per heavy atom. The van der Waals surface area contributed by atoms with Crippen LogP contribution in [0.3, 0.4) is 0 Å². The largest absolute Gasteiger partial charge is 0.326 e. The minimum absolute atomic E-state index is 0.0451. The summed E-state index contributed by atoms with van der Waals surface area (Å²) < 4.78 is 0. The Kier molecular flexibility index (Phi) is 4.29. The predicted molar refractivity (Wildman–Crippen MR) is 83.0 cm³/mol. The molecule has 1 heterocycles. The first-order valence-electron chi connectivity index (χ1n) is 6.33. The number of nitrogens with two attached hydrogens (primary N) is 1. The van der Waals surface area contributed by atoms with Crippen molar-refractivity contribution in [1.82, 2.24) is 4.98 Å². The number of rotatable bonds is 3. The van der Waals surface area contributed by atoms with Gasteiger partial charge in [0.2, 0.25) is 0 Å². The highest BCUT2D eigenvalue weighted by atomic mass is 35.5. The minimum Gasteiger partial charge on any atom is -0.326 e. The molecule has 0 spiro atoms. The molecule has 0 aliphatic heterocycles. The summed E-state index contributed by atoms with van der Waals surface area (Å²) in [4.78, 5) is 5.97. The molecule has 2 N–H and O–H groups in total. The zero-order valence-corrected chi connectivity index (χ0v) is 13.1. The third-order valence-corrected chi connectivity index (χ3v) is 4.24. The number of thiazole rings is 1. The van der Waals surface area contributed by atoms with Gasteiger partial charge in [0, 0.05) is 28.3 Å². The van der Waals surface area contributed by atoms with E-state index in [0.29, 0.717) is 6.54 Å². The average molecular weight is 295 g/mol. The molecule has 2 nitrogen and oxygen atoms in total. The number of nitrogens with zero attached hydrogens (tertiary/aromatic N) is 1. The van der Waals surface area contributed by atoms with Gasteiger partial charge in [0.05, 0.1) is 10.7 Å². The van der Waals surface area contributed by atoms with E-state index < -0.39 is 0 Å². The summed E-state index contributed by atoms with van der Waals surface area (Å²) in [5.74, 6) is 0. The molecule has 4 heteroatoms. The van der Waals surface area contributed by atoms with Crippen molar-refractivity contribution in [3.8, 4) is 0 Å². The Morgan fingerprint density at radius 3 is 2.32 bits per heavy atom.